The van der Waals surface area contributed by atoms with Gasteiger partial charge in [0.15, 0.2) is 0 Å². The Morgan fingerprint density at radius 3 is 2.55 bits per heavy atom. The zero-order valence-electron chi connectivity index (χ0n) is 12.5. The van der Waals surface area contributed by atoms with Gasteiger partial charge in [-0.15, -0.1) is 11.8 Å². The number of rotatable bonds is 5. The van der Waals surface area contributed by atoms with E-state index in [4.69, 9.17) is 0 Å². The molecular weight excluding hydrogens is 266 g/mol. The summed E-state index contributed by atoms with van der Waals surface area (Å²) in [6.07, 6.45) is 6.24. The van der Waals surface area contributed by atoms with Gasteiger partial charge in [-0.05, 0) is 25.3 Å². The van der Waals surface area contributed by atoms with Gasteiger partial charge in [-0.3, -0.25) is 4.79 Å². The summed E-state index contributed by atoms with van der Waals surface area (Å²) in [4.78, 5) is 14.3. The van der Waals surface area contributed by atoms with Crippen LogP contribution in [0.1, 0.15) is 49.8 Å². The monoisotopic (exact) mass is 291 g/mol. The van der Waals surface area contributed by atoms with Crippen LogP contribution in [0, 0.1) is 0 Å². The molecule has 0 radical (unpaired) electrons. The van der Waals surface area contributed by atoms with E-state index in [9.17, 15) is 4.79 Å². The first kappa shape index (κ1) is 15.4. The summed E-state index contributed by atoms with van der Waals surface area (Å²) in [7, 11) is 1.98. The van der Waals surface area contributed by atoms with Gasteiger partial charge in [0.05, 0.1) is 5.75 Å². The first-order valence-electron chi connectivity index (χ1n) is 7.60. The standard InChI is InChI=1S/C17H25NOS/c1-14(15-9-5-3-6-10-15)20-13-17(19)18(2)16-11-7-4-8-12-16/h3,5-6,9-10,14,16H,4,7-8,11-13H2,1-2H3. The van der Waals surface area contributed by atoms with E-state index < -0.39 is 0 Å². The molecule has 1 aliphatic rings. The zero-order valence-corrected chi connectivity index (χ0v) is 13.4. The van der Waals surface area contributed by atoms with E-state index in [-0.39, 0.29) is 5.91 Å². The van der Waals surface area contributed by atoms with E-state index >= 15 is 0 Å². The quantitative estimate of drug-likeness (QED) is 0.807. The molecule has 0 spiro atoms. The van der Waals surface area contributed by atoms with Crippen LogP contribution in [0.15, 0.2) is 30.3 Å². The van der Waals surface area contributed by atoms with Crippen molar-refractivity contribution in [1.29, 1.82) is 0 Å². The first-order valence-corrected chi connectivity index (χ1v) is 8.65. The molecule has 0 heterocycles. The Kier molecular flexibility index (Phi) is 5.96. The van der Waals surface area contributed by atoms with Gasteiger partial charge >= 0.3 is 0 Å². The third kappa shape index (κ3) is 4.27. The Balaban J connectivity index is 1.79. The highest BCUT2D eigenvalue weighted by molar-refractivity contribution is 8.00. The van der Waals surface area contributed by atoms with Crippen LogP contribution in [-0.4, -0.2) is 29.6 Å². The molecule has 110 valence electrons. The molecule has 2 rings (SSSR count). The van der Waals surface area contributed by atoms with Gasteiger partial charge in [0.1, 0.15) is 0 Å². The molecule has 20 heavy (non-hydrogen) atoms. The molecule has 1 unspecified atom stereocenters. The van der Waals surface area contributed by atoms with E-state index in [1.54, 1.807) is 11.8 Å². The van der Waals surface area contributed by atoms with Crippen LogP contribution in [0.5, 0.6) is 0 Å². The number of carbonyl (C=O) groups excluding carboxylic acids is 1. The fourth-order valence-electron chi connectivity index (χ4n) is 2.79. The third-order valence-electron chi connectivity index (χ3n) is 4.24. The molecule has 1 aromatic rings. The lowest BCUT2D eigenvalue weighted by Gasteiger charge is -2.31. The second-order valence-corrected chi connectivity index (χ2v) is 6.99. The predicted molar refractivity (Wildman–Crippen MR) is 87.0 cm³/mol. The lowest BCUT2D eigenvalue weighted by Crippen LogP contribution is -2.39. The number of thioether (sulfide) groups is 1. The van der Waals surface area contributed by atoms with Gasteiger partial charge in [0.25, 0.3) is 0 Å². The Hall–Kier alpha value is -0.960. The Bertz CT molecular complexity index is 414. The number of amides is 1. The topological polar surface area (TPSA) is 20.3 Å². The van der Waals surface area contributed by atoms with Crippen molar-refractivity contribution in [2.24, 2.45) is 0 Å². The molecule has 1 amide bonds. The molecule has 0 saturated heterocycles. The van der Waals surface area contributed by atoms with E-state index in [0.717, 1.165) is 0 Å². The van der Waals surface area contributed by atoms with Crippen LogP contribution >= 0.6 is 11.8 Å². The van der Waals surface area contributed by atoms with Crippen molar-refractivity contribution in [2.75, 3.05) is 12.8 Å². The van der Waals surface area contributed by atoms with Crippen LogP contribution in [0.3, 0.4) is 0 Å². The minimum absolute atomic E-state index is 0.282. The highest BCUT2D eigenvalue weighted by Gasteiger charge is 2.22. The third-order valence-corrected chi connectivity index (χ3v) is 5.43. The Morgan fingerprint density at radius 2 is 1.90 bits per heavy atom. The number of hydrogen-bond acceptors (Lipinski definition) is 2. The van der Waals surface area contributed by atoms with Gasteiger partial charge in [-0.2, -0.15) is 0 Å². The summed E-state index contributed by atoms with van der Waals surface area (Å²) in [5, 5.41) is 0.375. The summed E-state index contributed by atoms with van der Waals surface area (Å²) >= 11 is 1.74. The lowest BCUT2D eigenvalue weighted by molar-refractivity contribution is -0.129. The second kappa shape index (κ2) is 7.72. The molecule has 3 heteroatoms. The fraction of sp³-hybridized carbons (Fsp3) is 0.588. The summed E-state index contributed by atoms with van der Waals surface area (Å²) in [5.74, 6) is 0.868. The average Bonchev–Trinajstić information content (AvgIpc) is 2.53. The van der Waals surface area contributed by atoms with Crippen molar-refractivity contribution in [3.63, 3.8) is 0 Å². The van der Waals surface area contributed by atoms with E-state index in [0.29, 0.717) is 17.0 Å². The van der Waals surface area contributed by atoms with Gasteiger partial charge in [0.2, 0.25) is 5.91 Å². The summed E-state index contributed by atoms with van der Waals surface area (Å²) in [6, 6.07) is 10.9. The average molecular weight is 291 g/mol. The number of nitrogens with zero attached hydrogens (tertiary/aromatic N) is 1. The molecular formula is C17H25NOS. The van der Waals surface area contributed by atoms with Gasteiger partial charge < -0.3 is 4.90 Å². The molecule has 2 nitrogen and oxygen atoms in total. The molecule has 1 aromatic carbocycles. The van der Waals surface area contributed by atoms with Crippen molar-refractivity contribution >= 4 is 17.7 Å². The van der Waals surface area contributed by atoms with E-state index in [2.05, 4.69) is 31.2 Å². The minimum atomic E-state index is 0.282. The van der Waals surface area contributed by atoms with E-state index in [1.165, 1.54) is 37.7 Å². The first-order chi connectivity index (χ1) is 9.68. The normalized spacial score (nSPS) is 17.7. The molecule has 0 bridgehead atoms. The van der Waals surface area contributed by atoms with Gasteiger partial charge in [0, 0.05) is 18.3 Å². The Labute approximate surface area is 126 Å². The molecule has 0 N–H and O–H groups in total. The predicted octanol–water partition coefficient (Wildman–Crippen LogP) is 4.27. The molecule has 1 aliphatic carbocycles. The maximum Gasteiger partial charge on any atom is 0.232 e. The van der Waals surface area contributed by atoms with Gasteiger partial charge in [-0.1, -0.05) is 49.6 Å². The van der Waals surface area contributed by atoms with Crippen molar-refractivity contribution in [3.8, 4) is 0 Å². The molecule has 1 atom stereocenters. The lowest BCUT2D eigenvalue weighted by atomic mass is 9.94. The largest absolute Gasteiger partial charge is 0.342 e. The molecule has 1 fully saturated rings. The smallest absolute Gasteiger partial charge is 0.232 e. The summed E-state index contributed by atoms with van der Waals surface area (Å²) < 4.78 is 0. The maximum absolute atomic E-state index is 12.3. The number of carbonyl (C=O) groups is 1. The summed E-state index contributed by atoms with van der Waals surface area (Å²) in [6.45, 7) is 2.17. The highest BCUT2D eigenvalue weighted by Crippen LogP contribution is 2.29. The highest BCUT2D eigenvalue weighted by atomic mass is 32.2. The SMILES string of the molecule is CC(SCC(=O)N(C)C1CCCCC1)c1ccccc1. The van der Waals surface area contributed by atoms with Crippen LogP contribution in [0.4, 0.5) is 0 Å². The molecule has 1 saturated carbocycles. The van der Waals surface area contributed by atoms with Crippen molar-refractivity contribution < 1.29 is 4.79 Å². The van der Waals surface area contributed by atoms with E-state index in [1.807, 2.05) is 18.0 Å². The van der Waals surface area contributed by atoms with Crippen LogP contribution < -0.4 is 0 Å². The van der Waals surface area contributed by atoms with Crippen LogP contribution in [0.2, 0.25) is 0 Å². The zero-order chi connectivity index (χ0) is 14.4. The van der Waals surface area contributed by atoms with Crippen LogP contribution in [-0.2, 0) is 4.79 Å². The van der Waals surface area contributed by atoms with Crippen molar-refractivity contribution in [2.45, 2.75) is 50.3 Å². The number of hydrogen-bond donors (Lipinski definition) is 0. The fourth-order valence-corrected chi connectivity index (χ4v) is 3.74. The van der Waals surface area contributed by atoms with Crippen molar-refractivity contribution in [1.82, 2.24) is 4.90 Å². The van der Waals surface area contributed by atoms with Crippen molar-refractivity contribution in [3.05, 3.63) is 35.9 Å². The molecule has 0 aromatic heterocycles. The second-order valence-electron chi connectivity index (χ2n) is 5.66. The van der Waals surface area contributed by atoms with Gasteiger partial charge in [-0.25, -0.2) is 0 Å². The van der Waals surface area contributed by atoms with Crippen LogP contribution in [0.25, 0.3) is 0 Å². The maximum atomic E-state index is 12.3. The Morgan fingerprint density at radius 1 is 1.25 bits per heavy atom. The minimum Gasteiger partial charge on any atom is -0.342 e. The summed E-state index contributed by atoms with van der Waals surface area (Å²) in [5.41, 5.74) is 1.30. The molecule has 0 aliphatic heterocycles. The number of benzene rings is 1.